The minimum Gasteiger partial charge on any atom is -0.274 e. The van der Waals surface area contributed by atoms with Crippen molar-refractivity contribution in [1.82, 2.24) is 14.8 Å². The van der Waals surface area contributed by atoms with Gasteiger partial charge in [0, 0.05) is 17.7 Å². The largest absolute Gasteiger partial charge is 0.290 e. The van der Waals surface area contributed by atoms with Crippen molar-refractivity contribution < 1.29 is 9.85 Å². The fraction of sp³-hybridized carbons (Fsp3) is 0.176. The number of para-hydroxylation sites is 1. The first-order valence-electron chi connectivity index (χ1n) is 8.16. The maximum atomic E-state index is 11.4. The molecule has 0 aliphatic heterocycles. The molecule has 4 rings (SSSR count). The number of non-ortho nitro benzene ring substituents is 1. The van der Waals surface area contributed by atoms with Gasteiger partial charge in [0.15, 0.2) is 0 Å². The van der Waals surface area contributed by atoms with E-state index < -0.39 is 9.85 Å². The quantitative estimate of drug-likeness (QED) is 0.464. The van der Waals surface area contributed by atoms with Crippen LogP contribution in [-0.2, 0) is 0 Å². The zero-order valence-corrected chi connectivity index (χ0v) is 14.7. The molecule has 0 spiro atoms. The summed E-state index contributed by atoms with van der Waals surface area (Å²) >= 11 is 1.08. The minimum atomic E-state index is -0.654. The second kappa shape index (κ2) is 6.80. The molecule has 0 amide bonds. The maximum absolute atomic E-state index is 11.4. The summed E-state index contributed by atoms with van der Waals surface area (Å²) in [5.74, 6) is 1.16. The number of rotatable bonds is 6. The molecule has 0 saturated heterocycles. The third-order valence-corrected chi connectivity index (χ3v) is 5.18. The van der Waals surface area contributed by atoms with Gasteiger partial charge in [-0.05, 0) is 42.8 Å². The minimum absolute atomic E-state index is 0.275. The van der Waals surface area contributed by atoms with E-state index in [0.29, 0.717) is 11.1 Å². The topological polar surface area (TPSA) is 117 Å². The Morgan fingerprint density at radius 2 is 1.74 bits per heavy atom. The van der Waals surface area contributed by atoms with Crippen LogP contribution in [0.15, 0.2) is 58.6 Å². The summed E-state index contributed by atoms with van der Waals surface area (Å²) in [4.78, 5) is 21.3. The SMILES string of the molecule is O=[N+]([O-])c1ccc(Sc2nnc(C3CC3)n2-c2ccccc2)c([N+](=O)[O-])c1. The molecular weight excluding hydrogens is 370 g/mol. The molecular formula is C17H13N5O4S. The molecule has 2 aromatic carbocycles. The Labute approximate surface area is 157 Å². The van der Waals surface area contributed by atoms with E-state index in [1.54, 1.807) is 0 Å². The number of hydrogen-bond acceptors (Lipinski definition) is 7. The zero-order chi connectivity index (χ0) is 19.0. The Kier molecular flexibility index (Phi) is 4.32. The Balaban J connectivity index is 1.78. The number of nitrogens with zero attached hydrogens (tertiary/aromatic N) is 5. The monoisotopic (exact) mass is 383 g/mol. The van der Waals surface area contributed by atoms with Crippen molar-refractivity contribution in [1.29, 1.82) is 0 Å². The van der Waals surface area contributed by atoms with Crippen LogP contribution in [0.2, 0.25) is 0 Å². The van der Waals surface area contributed by atoms with E-state index in [4.69, 9.17) is 0 Å². The Morgan fingerprint density at radius 1 is 1.00 bits per heavy atom. The molecule has 1 aliphatic carbocycles. The molecule has 0 bridgehead atoms. The van der Waals surface area contributed by atoms with Crippen LogP contribution in [0.1, 0.15) is 24.6 Å². The summed E-state index contributed by atoms with van der Waals surface area (Å²) in [6.07, 6.45) is 2.07. The van der Waals surface area contributed by atoms with Gasteiger partial charge in [0.2, 0.25) is 5.16 Å². The molecule has 1 aliphatic rings. The highest BCUT2D eigenvalue weighted by atomic mass is 32.2. The normalized spacial score (nSPS) is 13.5. The molecule has 1 aromatic heterocycles. The molecule has 3 aromatic rings. The fourth-order valence-corrected chi connectivity index (χ4v) is 3.66. The van der Waals surface area contributed by atoms with Crippen molar-refractivity contribution >= 4 is 23.1 Å². The highest BCUT2D eigenvalue weighted by molar-refractivity contribution is 7.99. The molecule has 1 heterocycles. The lowest BCUT2D eigenvalue weighted by Gasteiger charge is -2.09. The summed E-state index contributed by atoms with van der Waals surface area (Å²) in [6, 6.07) is 13.1. The summed E-state index contributed by atoms with van der Waals surface area (Å²) < 4.78 is 1.90. The first kappa shape index (κ1) is 17.2. The van der Waals surface area contributed by atoms with Gasteiger partial charge in [-0.2, -0.15) is 0 Å². The van der Waals surface area contributed by atoms with Gasteiger partial charge in [0.1, 0.15) is 5.82 Å². The average molecular weight is 383 g/mol. The lowest BCUT2D eigenvalue weighted by Crippen LogP contribution is -2.02. The summed E-state index contributed by atoms with van der Waals surface area (Å²) in [5.41, 5.74) is 0.218. The molecule has 10 heteroatoms. The van der Waals surface area contributed by atoms with E-state index in [0.717, 1.165) is 42.2 Å². The first-order valence-corrected chi connectivity index (χ1v) is 8.97. The fourth-order valence-electron chi connectivity index (χ4n) is 2.72. The summed E-state index contributed by atoms with van der Waals surface area (Å²) in [7, 11) is 0. The van der Waals surface area contributed by atoms with E-state index in [1.165, 1.54) is 12.1 Å². The van der Waals surface area contributed by atoms with Crippen molar-refractivity contribution in [2.24, 2.45) is 0 Å². The third-order valence-electron chi connectivity index (χ3n) is 4.17. The van der Waals surface area contributed by atoms with Crippen molar-refractivity contribution in [2.45, 2.75) is 28.8 Å². The standard InChI is InChI=1S/C17H13N5O4S/c23-21(24)13-8-9-15(14(10-13)22(25)26)27-17-19-18-16(11-6-7-11)20(17)12-4-2-1-3-5-12/h1-5,8-11H,6-7H2. The molecule has 136 valence electrons. The zero-order valence-electron chi connectivity index (χ0n) is 13.9. The van der Waals surface area contributed by atoms with Crippen LogP contribution in [-0.4, -0.2) is 24.6 Å². The van der Waals surface area contributed by atoms with E-state index in [2.05, 4.69) is 10.2 Å². The van der Waals surface area contributed by atoms with Crippen molar-refractivity contribution in [3.05, 3.63) is 74.6 Å². The van der Waals surface area contributed by atoms with Crippen LogP contribution < -0.4 is 0 Å². The third kappa shape index (κ3) is 3.38. The first-order chi connectivity index (χ1) is 13.0. The lowest BCUT2D eigenvalue weighted by atomic mass is 10.3. The highest BCUT2D eigenvalue weighted by Gasteiger charge is 2.32. The molecule has 0 N–H and O–H groups in total. The number of hydrogen-bond donors (Lipinski definition) is 0. The Morgan fingerprint density at radius 3 is 2.37 bits per heavy atom. The van der Waals surface area contributed by atoms with E-state index in [-0.39, 0.29) is 16.3 Å². The van der Waals surface area contributed by atoms with Crippen LogP contribution in [0.4, 0.5) is 11.4 Å². The van der Waals surface area contributed by atoms with Crippen molar-refractivity contribution in [3.8, 4) is 5.69 Å². The van der Waals surface area contributed by atoms with Crippen LogP contribution in [0, 0.1) is 20.2 Å². The van der Waals surface area contributed by atoms with Crippen molar-refractivity contribution in [2.75, 3.05) is 0 Å². The van der Waals surface area contributed by atoms with Gasteiger partial charge in [-0.15, -0.1) is 10.2 Å². The van der Waals surface area contributed by atoms with E-state index >= 15 is 0 Å². The van der Waals surface area contributed by atoms with Crippen LogP contribution in [0.25, 0.3) is 5.69 Å². The molecule has 1 fully saturated rings. The van der Waals surface area contributed by atoms with Crippen LogP contribution >= 0.6 is 11.8 Å². The van der Waals surface area contributed by atoms with Gasteiger partial charge in [-0.1, -0.05) is 18.2 Å². The number of nitro groups is 2. The lowest BCUT2D eigenvalue weighted by molar-refractivity contribution is -0.396. The maximum Gasteiger partial charge on any atom is 0.290 e. The molecule has 27 heavy (non-hydrogen) atoms. The molecule has 1 saturated carbocycles. The number of nitro benzene ring substituents is 2. The molecule has 0 radical (unpaired) electrons. The van der Waals surface area contributed by atoms with Gasteiger partial charge >= 0.3 is 0 Å². The van der Waals surface area contributed by atoms with Crippen LogP contribution in [0.5, 0.6) is 0 Å². The second-order valence-electron chi connectivity index (χ2n) is 6.05. The molecule has 0 atom stereocenters. The van der Waals surface area contributed by atoms with Crippen LogP contribution in [0.3, 0.4) is 0 Å². The predicted molar refractivity (Wildman–Crippen MR) is 97.2 cm³/mol. The van der Waals surface area contributed by atoms with Gasteiger partial charge in [0.25, 0.3) is 11.4 Å². The smallest absolute Gasteiger partial charge is 0.274 e. The Bertz CT molecular complexity index is 1030. The predicted octanol–water partition coefficient (Wildman–Crippen LogP) is 4.11. The number of aromatic nitrogens is 3. The Hall–Kier alpha value is -3.27. The van der Waals surface area contributed by atoms with Gasteiger partial charge in [-0.3, -0.25) is 24.8 Å². The second-order valence-corrected chi connectivity index (χ2v) is 7.06. The van der Waals surface area contributed by atoms with E-state index in [1.807, 2.05) is 34.9 Å². The summed E-state index contributed by atoms with van der Waals surface area (Å²) in [5, 5.41) is 31.3. The highest BCUT2D eigenvalue weighted by Crippen LogP contribution is 2.43. The van der Waals surface area contributed by atoms with Gasteiger partial charge in [-0.25, -0.2) is 0 Å². The summed E-state index contributed by atoms with van der Waals surface area (Å²) in [6.45, 7) is 0. The van der Waals surface area contributed by atoms with Gasteiger partial charge < -0.3 is 0 Å². The van der Waals surface area contributed by atoms with Gasteiger partial charge in [0.05, 0.1) is 20.8 Å². The average Bonchev–Trinajstić information content (AvgIpc) is 3.43. The van der Waals surface area contributed by atoms with Crippen molar-refractivity contribution in [3.63, 3.8) is 0 Å². The number of benzene rings is 2. The molecule has 0 unspecified atom stereocenters. The van der Waals surface area contributed by atoms with E-state index in [9.17, 15) is 20.2 Å². The molecule has 9 nitrogen and oxygen atoms in total.